The van der Waals surface area contributed by atoms with Crippen LogP contribution >= 0.6 is 11.3 Å². The van der Waals surface area contributed by atoms with Crippen LogP contribution < -0.4 is 15.6 Å². The van der Waals surface area contributed by atoms with Gasteiger partial charge in [0.1, 0.15) is 5.75 Å². The second-order valence-corrected chi connectivity index (χ2v) is 9.89. The van der Waals surface area contributed by atoms with Gasteiger partial charge >= 0.3 is 0 Å². The van der Waals surface area contributed by atoms with Gasteiger partial charge in [-0.1, -0.05) is 17.8 Å². The number of thiazole rings is 1. The molecular formula is C20H22N4O4S2. The molecule has 1 amide bonds. The summed E-state index contributed by atoms with van der Waals surface area (Å²) in [6.45, 7) is 1.09. The molecule has 0 atom stereocenters. The normalized spacial score (nSPS) is 15.1. The lowest BCUT2D eigenvalue weighted by atomic mass is 10.2. The molecule has 0 aliphatic carbocycles. The molecule has 4 rings (SSSR count). The van der Waals surface area contributed by atoms with Crippen molar-refractivity contribution in [2.45, 2.75) is 24.2 Å². The Hall–Kier alpha value is -2.69. The minimum Gasteiger partial charge on any atom is -0.497 e. The van der Waals surface area contributed by atoms with E-state index in [1.807, 2.05) is 18.2 Å². The maximum Gasteiger partial charge on any atom is 0.269 e. The van der Waals surface area contributed by atoms with Gasteiger partial charge in [-0.25, -0.2) is 13.4 Å². The lowest BCUT2D eigenvalue weighted by Crippen LogP contribution is -2.35. The maximum atomic E-state index is 12.7. The summed E-state index contributed by atoms with van der Waals surface area (Å²) in [5.41, 5.74) is 6.55. The minimum atomic E-state index is -3.51. The molecule has 0 spiro atoms. The van der Waals surface area contributed by atoms with E-state index >= 15 is 0 Å². The monoisotopic (exact) mass is 446 g/mol. The number of carbonyl (C=O) groups is 1. The van der Waals surface area contributed by atoms with Crippen LogP contribution in [-0.4, -0.2) is 43.8 Å². The molecule has 8 nitrogen and oxygen atoms in total. The van der Waals surface area contributed by atoms with Crippen LogP contribution in [-0.2, 0) is 10.0 Å². The van der Waals surface area contributed by atoms with Gasteiger partial charge in [-0.05, 0) is 55.3 Å². The zero-order valence-electron chi connectivity index (χ0n) is 16.4. The number of rotatable bonds is 6. The molecule has 1 aromatic heterocycles. The molecule has 2 aromatic carbocycles. The minimum absolute atomic E-state index is 0.203. The molecule has 0 bridgehead atoms. The number of sulfonamides is 1. The van der Waals surface area contributed by atoms with Crippen LogP contribution in [0.3, 0.4) is 0 Å². The van der Waals surface area contributed by atoms with Crippen LogP contribution in [0.15, 0.2) is 47.4 Å². The maximum absolute atomic E-state index is 12.7. The number of methoxy groups -OCH3 is 1. The molecule has 0 radical (unpaired) electrons. The van der Waals surface area contributed by atoms with E-state index in [9.17, 15) is 13.2 Å². The van der Waals surface area contributed by atoms with Crippen LogP contribution in [0.4, 0.5) is 5.13 Å². The smallest absolute Gasteiger partial charge is 0.269 e. The molecule has 1 saturated heterocycles. The van der Waals surface area contributed by atoms with E-state index in [-0.39, 0.29) is 10.8 Å². The summed E-state index contributed by atoms with van der Waals surface area (Å²) >= 11 is 1.38. The van der Waals surface area contributed by atoms with E-state index in [4.69, 9.17) is 4.74 Å². The number of hydrogen-bond donors (Lipinski definition) is 2. The van der Waals surface area contributed by atoms with Crippen molar-refractivity contribution in [1.29, 1.82) is 0 Å². The van der Waals surface area contributed by atoms with Gasteiger partial charge in [-0.2, -0.15) is 4.31 Å². The lowest BCUT2D eigenvalue weighted by molar-refractivity contribution is 0.0962. The van der Waals surface area contributed by atoms with Crippen molar-refractivity contribution in [3.05, 3.63) is 48.0 Å². The molecule has 1 aliphatic rings. The molecule has 158 valence electrons. The second-order valence-electron chi connectivity index (χ2n) is 6.92. The van der Waals surface area contributed by atoms with E-state index in [1.54, 1.807) is 7.11 Å². The lowest BCUT2D eigenvalue weighted by Gasteiger charge is -2.25. The number of amides is 1. The van der Waals surface area contributed by atoms with Crippen molar-refractivity contribution in [2.75, 3.05) is 25.6 Å². The first-order chi connectivity index (χ1) is 14.5. The molecule has 0 saturated carbocycles. The van der Waals surface area contributed by atoms with Crippen LogP contribution in [0.2, 0.25) is 0 Å². The fourth-order valence-electron chi connectivity index (χ4n) is 3.30. The Kier molecular flexibility index (Phi) is 5.89. The number of anilines is 1. The van der Waals surface area contributed by atoms with Crippen molar-refractivity contribution < 1.29 is 17.9 Å². The van der Waals surface area contributed by atoms with Crippen LogP contribution in [0.25, 0.3) is 10.2 Å². The van der Waals surface area contributed by atoms with Gasteiger partial charge in [0, 0.05) is 18.7 Å². The van der Waals surface area contributed by atoms with E-state index in [0.29, 0.717) is 23.8 Å². The number of carbonyl (C=O) groups excluding carboxylic acids is 1. The van der Waals surface area contributed by atoms with Crippen molar-refractivity contribution in [2.24, 2.45) is 0 Å². The summed E-state index contributed by atoms with van der Waals surface area (Å²) in [6.07, 6.45) is 2.81. The summed E-state index contributed by atoms with van der Waals surface area (Å²) in [5, 5.41) is 0.538. The number of fused-ring (bicyclic) bond motifs is 1. The van der Waals surface area contributed by atoms with Gasteiger partial charge < -0.3 is 4.74 Å². The molecule has 2 N–H and O–H groups in total. The van der Waals surface area contributed by atoms with Crippen molar-refractivity contribution >= 4 is 42.6 Å². The molecule has 3 aromatic rings. The van der Waals surface area contributed by atoms with E-state index in [0.717, 1.165) is 35.2 Å². The average molecular weight is 447 g/mol. The number of ether oxygens (including phenoxy) is 1. The fourth-order valence-corrected chi connectivity index (χ4v) is 5.67. The third-order valence-corrected chi connectivity index (χ3v) is 7.79. The van der Waals surface area contributed by atoms with Crippen molar-refractivity contribution in [3.63, 3.8) is 0 Å². The fraction of sp³-hybridized carbons (Fsp3) is 0.300. The Balaban J connectivity index is 1.41. The van der Waals surface area contributed by atoms with Crippen molar-refractivity contribution in [1.82, 2.24) is 14.7 Å². The number of benzene rings is 2. The Bertz CT molecular complexity index is 1150. The third-order valence-electron chi connectivity index (χ3n) is 4.95. The van der Waals surface area contributed by atoms with E-state index < -0.39 is 10.0 Å². The predicted octanol–water partition coefficient (Wildman–Crippen LogP) is 3.24. The Labute approximate surface area is 178 Å². The first-order valence-electron chi connectivity index (χ1n) is 9.58. The highest BCUT2D eigenvalue weighted by Crippen LogP contribution is 2.28. The summed E-state index contributed by atoms with van der Waals surface area (Å²) in [7, 11) is -1.91. The first kappa shape index (κ1) is 20.6. The molecular weight excluding hydrogens is 424 g/mol. The number of aromatic nitrogens is 1. The highest BCUT2D eigenvalue weighted by molar-refractivity contribution is 7.89. The third kappa shape index (κ3) is 4.25. The summed E-state index contributed by atoms with van der Waals surface area (Å²) in [5.74, 6) is 0.357. The van der Waals surface area contributed by atoms with Gasteiger partial charge in [0.25, 0.3) is 5.91 Å². The highest BCUT2D eigenvalue weighted by atomic mass is 32.2. The first-order valence-corrected chi connectivity index (χ1v) is 11.8. The molecule has 10 heteroatoms. The van der Waals surface area contributed by atoms with Gasteiger partial charge in [-0.15, -0.1) is 0 Å². The molecule has 1 aliphatic heterocycles. The van der Waals surface area contributed by atoms with Crippen LogP contribution in [0.5, 0.6) is 5.75 Å². The number of piperidine rings is 1. The molecule has 2 heterocycles. The Morgan fingerprint density at radius 2 is 1.83 bits per heavy atom. The number of hydrogen-bond acceptors (Lipinski definition) is 7. The zero-order chi connectivity index (χ0) is 21.1. The van der Waals surface area contributed by atoms with Crippen LogP contribution in [0.1, 0.15) is 29.6 Å². The summed E-state index contributed by atoms with van der Waals surface area (Å²) < 4.78 is 33.1. The number of nitrogens with one attached hydrogen (secondary N) is 2. The standard InChI is InChI=1S/C20H22N4O4S2/c1-28-15-7-10-17-18(13-15)29-20(21-17)23-22-19(25)14-5-8-16(9-6-14)30(26,27)24-11-3-2-4-12-24/h5-10,13H,2-4,11-12H2,1H3,(H,21,23)(H,22,25). The van der Waals surface area contributed by atoms with Crippen molar-refractivity contribution in [3.8, 4) is 5.75 Å². The second kappa shape index (κ2) is 8.58. The van der Waals surface area contributed by atoms with Gasteiger partial charge in [-0.3, -0.25) is 15.6 Å². The van der Waals surface area contributed by atoms with Gasteiger partial charge in [0.15, 0.2) is 0 Å². The number of hydrazine groups is 1. The van der Waals surface area contributed by atoms with Crippen LogP contribution in [0, 0.1) is 0 Å². The topological polar surface area (TPSA) is 101 Å². The highest BCUT2D eigenvalue weighted by Gasteiger charge is 2.25. The Morgan fingerprint density at radius 3 is 2.53 bits per heavy atom. The molecule has 30 heavy (non-hydrogen) atoms. The van der Waals surface area contributed by atoms with Gasteiger partial charge in [0.05, 0.1) is 22.2 Å². The molecule has 1 fully saturated rings. The SMILES string of the molecule is COc1ccc2nc(NNC(=O)c3ccc(S(=O)(=O)N4CCCCC4)cc3)sc2c1. The largest absolute Gasteiger partial charge is 0.497 e. The van der Waals surface area contributed by atoms with Gasteiger partial charge in [0.2, 0.25) is 15.2 Å². The summed E-state index contributed by atoms with van der Waals surface area (Å²) in [6, 6.07) is 11.5. The average Bonchev–Trinajstić information content (AvgIpc) is 3.20. The van der Waals surface area contributed by atoms with E-state index in [2.05, 4.69) is 15.8 Å². The summed E-state index contributed by atoms with van der Waals surface area (Å²) in [4.78, 5) is 17.0. The van der Waals surface area contributed by atoms with E-state index in [1.165, 1.54) is 39.9 Å². The quantitative estimate of drug-likeness (QED) is 0.564. The number of nitrogens with zero attached hydrogens (tertiary/aromatic N) is 2. The Morgan fingerprint density at radius 1 is 1.10 bits per heavy atom. The molecule has 0 unspecified atom stereocenters. The predicted molar refractivity (Wildman–Crippen MR) is 116 cm³/mol. The zero-order valence-corrected chi connectivity index (χ0v) is 18.1.